The van der Waals surface area contributed by atoms with Crippen molar-refractivity contribution in [3.05, 3.63) is 146 Å². The molecule has 0 aliphatic rings. The minimum atomic E-state index is -10.7. The van der Waals surface area contributed by atoms with E-state index in [0.717, 1.165) is 38.0 Å². The van der Waals surface area contributed by atoms with Crippen LogP contribution in [0.5, 0.6) is 5.75 Å². The number of aromatic nitrogens is 5. The summed E-state index contributed by atoms with van der Waals surface area (Å²) in [5.74, 6) is 0.0292. The Morgan fingerprint density at radius 1 is 0.569 bits per heavy atom. The summed E-state index contributed by atoms with van der Waals surface area (Å²) in [5, 5.41) is 19.8. The summed E-state index contributed by atoms with van der Waals surface area (Å²) < 4.78 is 60.3. The summed E-state index contributed by atoms with van der Waals surface area (Å²) in [7, 11) is -10.7. The number of hydrogen-bond acceptors (Lipinski definition) is 8. The number of fused-ring (bicyclic) bond motifs is 1. The molecule has 0 aliphatic heterocycles. The maximum atomic E-state index is 11.7. The van der Waals surface area contributed by atoms with Crippen LogP contribution in [0, 0.1) is 11.3 Å². The molecule has 7 rings (SSSR count). The molecule has 0 amide bonds. The third kappa shape index (κ3) is 17.4. The molecule has 7 aromatic rings. The molecule has 0 unspecified atom stereocenters. The molecule has 2 aromatic carbocycles. The number of hydrogen-bond donors (Lipinski definition) is 0. The molecule has 0 saturated carbocycles. The average Bonchev–Trinajstić information content (AvgIpc) is 3.54. The molecule has 51 heavy (non-hydrogen) atoms. The van der Waals surface area contributed by atoms with Crippen LogP contribution in [-0.2, 0) is 19.5 Å². The van der Waals surface area contributed by atoms with E-state index in [1.54, 1.807) is 54.3 Å². The van der Waals surface area contributed by atoms with Gasteiger partial charge in [-0.15, -0.1) is 11.3 Å². The van der Waals surface area contributed by atoms with E-state index in [9.17, 15) is 30.3 Å². The van der Waals surface area contributed by atoms with Gasteiger partial charge in [-0.05, 0) is 60.7 Å². The number of benzene rings is 2. The Labute approximate surface area is 306 Å². The Hall–Kier alpha value is -5.15. The number of halogens is 6. The van der Waals surface area contributed by atoms with Gasteiger partial charge in [0.05, 0.1) is 39.1 Å². The summed E-state index contributed by atoms with van der Waals surface area (Å²) in [6, 6.07) is 39.9. The zero-order chi connectivity index (χ0) is 36.5. The van der Waals surface area contributed by atoms with Crippen molar-refractivity contribution in [1.29, 1.82) is 5.26 Å². The molecule has 5 aromatic heterocycles. The fraction of sp³-hybridized carbons (Fsp3) is 0.0286. The molecule has 0 saturated heterocycles. The molecular formula is C35H27F6N6OPRuS. The third-order valence-corrected chi connectivity index (χ3v) is 6.67. The number of para-hydroxylation sites is 2. The molecule has 0 spiro atoms. The molecule has 5 heterocycles. The number of pyridine rings is 4. The third-order valence-electron chi connectivity index (χ3n) is 5.60. The van der Waals surface area contributed by atoms with Gasteiger partial charge in [0.2, 0.25) is 0 Å². The topological polar surface area (TPSA) is 111 Å². The van der Waals surface area contributed by atoms with Crippen molar-refractivity contribution in [1.82, 2.24) is 24.9 Å². The largest absolute Gasteiger partial charge is 2.00 e. The summed E-state index contributed by atoms with van der Waals surface area (Å²) in [4.78, 5) is 21.2. The van der Waals surface area contributed by atoms with Crippen molar-refractivity contribution in [2.24, 2.45) is 0 Å². The second-order valence-corrected chi connectivity index (χ2v) is 12.5. The van der Waals surface area contributed by atoms with E-state index in [0.29, 0.717) is 5.56 Å². The van der Waals surface area contributed by atoms with Gasteiger partial charge in [0, 0.05) is 37.3 Å². The van der Waals surface area contributed by atoms with E-state index in [1.807, 2.05) is 109 Å². The first-order valence-electron chi connectivity index (χ1n) is 14.3. The quantitative estimate of drug-likeness (QED) is 0.0991. The van der Waals surface area contributed by atoms with E-state index in [4.69, 9.17) is 5.26 Å². The Morgan fingerprint density at radius 2 is 0.902 bits per heavy atom. The van der Waals surface area contributed by atoms with Gasteiger partial charge in [0.15, 0.2) is 0 Å². The predicted molar refractivity (Wildman–Crippen MR) is 184 cm³/mol. The normalized spacial score (nSPS) is 11.3. The van der Waals surface area contributed by atoms with Gasteiger partial charge in [0.25, 0.3) is 0 Å². The van der Waals surface area contributed by atoms with Crippen molar-refractivity contribution in [2.75, 3.05) is 0 Å². The minimum absolute atomic E-state index is 0. The molecule has 16 heteroatoms. The van der Waals surface area contributed by atoms with Crippen LogP contribution in [0.2, 0.25) is 0 Å². The van der Waals surface area contributed by atoms with Crippen molar-refractivity contribution < 1.29 is 49.8 Å². The van der Waals surface area contributed by atoms with Crippen LogP contribution < -0.4 is 5.11 Å². The first kappa shape index (κ1) is 42.0. The number of nitrogens with zero attached hydrogens (tertiary/aromatic N) is 6. The van der Waals surface area contributed by atoms with E-state index in [1.165, 1.54) is 6.92 Å². The van der Waals surface area contributed by atoms with E-state index >= 15 is 0 Å². The average molecular weight is 826 g/mol. The fourth-order valence-electron chi connectivity index (χ4n) is 3.69. The van der Waals surface area contributed by atoms with Crippen molar-refractivity contribution in [3.63, 3.8) is 0 Å². The van der Waals surface area contributed by atoms with Gasteiger partial charge >= 0.3 is 52.5 Å². The van der Waals surface area contributed by atoms with Crippen molar-refractivity contribution in [2.45, 2.75) is 6.92 Å². The molecule has 0 aliphatic carbocycles. The van der Waals surface area contributed by atoms with Gasteiger partial charge in [-0.3, -0.25) is 19.9 Å². The summed E-state index contributed by atoms with van der Waals surface area (Å²) in [5.41, 5.74) is 5.29. The summed E-state index contributed by atoms with van der Waals surface area (Å²) in [6.07, 6.45) is 7.07. The van der Waals surface area contributed by atoms with Crippen LogP contribution in [0.15, 0.2) is 146 Å². The first-order chi connectivity index (χ1) is 23.6. The van der Waals surface area contributed by atoms with E-state index < -0.39 is 7.81 Å². The van der Waals surface area contributed by atoms with Crippen LogP contribution >= 0.6 is 19.1 Å². The van der Waals surface area contributed by atoms with Crippen LogP contribution in [0.4, 0.5) is 25.2 Å². The SMILES string of the molecule is CC#N.F[P-](F)(F)(F)(F)F.[O-]c1ccccc1-c1nc2ccccc2s1.[Ru+2].c1ccc(-c2ccccn2)nc1.c1ccc(-c2ccccn2)nc1. The van der Waals surface area contributed by atoms with Crippen LogP contribution in [0.25, 0.3) is 43.6 Å². The molecule has 7 nitrogen and oxygen atoms in total. The van der Waals surface area contributed by atoms with Crippen molar-refractivity contribution >= 4 is 29.4 Å². The molecule has 0 fully saturated rings. The molecule has 0 radical (unpaired) electrons. The zero-order valence-corrected chi connectivity index (χ0v) is 29.9. The molecule has 0 N–H and O–H groups in total. The summed E-state index contributed by atoms with van der Waals surface area (Å²) in [6.45, 7) is 1.43. The zero-order valence-electron chi connectivity index (χ0n) is 26.4. The standard InChI is InChI=1S/C13H9NOS.2C10H8N2.C2H3N.F6P.Ru/c15-11-7-3-1-5-9(11)13-14-10-6-2-4-8-12(10)16-13;2*1-3-7-11-9(5-1)10-6-2-4-8-12-10;1-2-3;1-7(2,3,4,5)6;/h1-8,15H;2*1-8H;1H3;;/q;;;;-1;+2/p-1. The first-order valence-corrected chi connectivity index (χ1v) is 17.1. The second-order valence-electron chi connectivity index (χ2n) is 9.52. The van der Waals surface area contributed by atoms with Gasteiger partial charge in [-0.25, -0.2) is 4.98 Å². The molecule has 0 atom stereocenters. The number of thiazole rings is 1. The maximum Gasteiger partial charge on any atom is 2.00 e. The second kappa shape index (κ2) is 18.7. The van der Waals surface area contributed by atoms with Crippen LogP contribution in [0.1, 0.15) is 6.92 Å². The molecule has 264 valence electrons. The number of rotatable bonds is 3. The Morgan fingerprint density at radius 3 is 1.24 bits per heavy atom. The van der Waals surface area contributed by atoms with Crippen molar-refractivity contribution in [3.8, 4) is 45.2 Å². The monoisotopic (exact) mass is 826 g/mol. The van der Waals surface area contributed by atoms with Crippen LogP contribution in [0.3, 0.4) is 0 Å². The minimum Gasteiger partial charge on any atom is -0.872 e. The van der Waals surface area contributed by atoms with Gasteiger partial charge in [0.1, 0.15) is 5.01 Å². The van der Waals surface area contributed by atoms with Gasteiger partial charge in [-0.1, -0.05) is 66.4 Å². The van der Waals surface area contributed by atoms with E-state index in [-0.39, 0.29) is 25.2 Å². The molecule has 0 bridgehead atoms. The van der Waals surface area contributed by atoms with Crippen LogP contribution in [-0.4, -0.2) is 24.9 Å². The Kier molecular flexibility index (Phi) is 15.4. The summed E-state index contributed by atoms with van der Waals surface area (Å²) >= 11 is 1.55. The fourth-order valence-corrected chi connectivity index (χ4v) is 4.68. The van der Waals surface area contributed by atoms with Gasteiger partial charge < -0.3 is 5.11 Å². The Balaban J connectivity index is 0.000000236. The maximum absolute atomic E-state index is 11.7. The van der Waals surface area contributed by atoms with E-state index in [2.05, 4.69) is 24.9 Å². The van der Waals surface area contributed by atoms with Gasteiger partial charge in [-0.2, -0.15) is 5.26 Å². The predicted octanol–water partition coefficient (Wildman–Crippen LogP) is 11.2. The number of nitriles is 1. The Bertz CT molecular complexity index is 1900. The smallest absolute Gasteiger partial charge is 0.872 e. The molecular weight excluding hydrogens is 799 g/mol.